The van der Waals surface area contributed by atoms with Crippen LogP contribution in [0.1, 0.15) is 42.2 Å². The van der Waals surface area contributed by atoms with Gasteiger partial charge in [0.1, 0.15) is 0 Å². The molecule has 0 saturated heterocycles. The number of benzene rings is 2. The van der Waals surface area contributed by atoms with Crippen molar-refractivity contribution in [2.75, 3.05) is 7.11 Å². The van der Waals surface area contributed by atoms with Crippen molar-refractivity contribution in [1.29, 1.82) is 0 Å². The van der Waals surface area contributed by atoms with Gasteiger partial charge in [0.2, 0.25) is 0 Å². The van der Waals surface area contributed by atoms with E-state index in [1.54, 1.807) is 38.1 Å². The molecule has 0 aliphatic heterocycles. The van der Waals surface area contributed by atoms with Gasteiger partial charge in [0.15, 0.2) is 11.5 Å². The van der Waals surface area contributed by atoms with Gasteiger partial charge in [-0.2, -0.15) is 8.78 Å². The monoisotopic (exact) mass is 441 g/mol. The van der Waals surface area contributed by atoms with E-state index in [0.29, 0.717) is 10.6 Å². The zero-order valence-electron chi connectivity index (χ0n) is 16.7. The molecule has 0 saturated carbocycles. The first-order chi connectivity index (χ1) is 14.2. The Kier molecular flexibility index (Phi) is 8.41. The number of rotatable bonds is 9. The van der Waals surface area contributed by atoms with Crippen LogP contribution in [0.15, 0.2) is 42.5 Å². The smallest absolute Gasteiger partial charge is 0.387 e. The molecule has 2 rings (SSSR count). The summed E-state index contributed by atoms with van der Waals surface area (Å²) < 4.78 is 39.5. The van der Waals surface area contributed by atoms with Crippen LogP contribution in [-0.2, 0) is 9.53 Å². The first-order valence-electron chi connectivity index (χ1n) is 9.08. The second kappa shape index (κ2) is 10.8. The van der Waals surface area contributed by atoms with Crippen LogP contribution in [0.3, 0.4) is 0 Å². The number of amides is 1. The molecule has 1 N–H and O–H groups in total. The standard InChI is InChI=1S/C21H22ClF2NO5/c1-12(2)29-19(26)11-16(14-6-4-5-7-15(14)22)25-20(27)13-8-9-17(30-21(23)24)18(10-13)28-3/h4-10,12,16,21H,11H2,1-3H3,(H,25,27). The van der Waals surface area contributed by atoms with Crippen LogP contribution in [0.4, 0.5) is 8.78 Å². The molecule has 30 heavy (non-hydrogen) atoms. The zero-order valence-corrected chi connectivity index (χ0v) is 17.4. The average Bonchev–Trinajstić information content (AvgIpc) is 2.67. The van der Waals surface area contributed by atoms with Gasteiger partial charge in [-0.1, -0.05) is 29.8 Å². The van der Waals surface area contributed by atoms with Gasteiger partial charge in [0.05, 0.1) is 25.7 Å². The molecule has 0 heterocycles. The second-order valence-electron chi connectivity index (χ2n) is 6.53. The van der Waals surface area contributed by atoms with E-state index in [4.69, 9.17) is 21.1 Å². The number of carbonyl (C=O) groups excluding carboxylic acids is 2. The molecule has 0 spiro atoms. The quantitative estimate of drug-likeness (QED) is 0.568. The van der Waals surface area contributed by atoms with E-state index in [1.165, 1.54) is 25.3 Å². The highest BCUT2D eigenvalue weighted by molar-refractivity contribution is 6.31. The molecule has 1 atom stereocenters. The number of ether oxygens (including phenoxy) is 3. The number of hydrogen-bond acceptors (Lipinski definition) is 5. The van der Waals surface area contributed by atoms with Crippen molar-refractivity contribution < 1.29 is 32.6 Å². The third kappa shape index (κ3) is 6.59. The highest BCUT2D eigenvalue weighted by atomic mass is 35.5. The summed E-state index contributed by atoms with van der Waals surface area (Å²) in [6, 6.07) is 9.81. The van der Waals surface area contributed by atoms with Crippen molar-refractivity contribution in [1.82, 2.24) is 5.32 Å². The van der Waals surface area contributed by atoms with Crippen LogP contribution in [-0.4, -0.2) is 31.7 Å². The summed E-state index contributed by atoms with van der Waals surface area (Å²) in [4.78, 5) is 25.0. The van der Waals surface area contributed by atoms with Crippen molar-refractivity contribution in [2.45, 2.75) is 39.0 Å². The lowest BCUT2D eigenvalue weighted by Crippen LogP contribution is -2.31. The van der Waals surface area contributed by atoms with E-state index in [2.05, 4.69) is 10.1 Å². The molecule has 1 unspecified atom stereocenters. The molecular weight excluding hydrogens is 420 g/mol. The van der Waals surface area contributed by atoms with Gasteiger partial charge in [0, 0.05) is 10.6 Å². The minimum Gasteiger partial charge on any atom is -0.493 e. The molecular formula is C21H22ClF2NO5. The number of carbonyl (C=O) groups is 2. The van der Waals surface area contributed by atoms with Gasteiger partial charge >= 0.3 is 12.6 Å². The average molecular weight is 442 g/mol. The van der Waals surface area contributed by atoms with Crippen molar-refractivity contribution >= 4 is 23.5 Å². The van der Waals surface area contributed by atoms with Gasteiger partial charge in [-0.15, -0.1) is 0 Å². The Morgan fingerprint density at radius 2 is 1.80 bits per heavy atom. The number of alkyl halides is 2. The lowest BCUT2D eigenvalue weighted by atomic mass is 10.0. The maximum atomic E-state index is 12.8. The van der Waals surface area contributed by atoms with Crippen molar-refractivity contribution in [3.05, 3.63) is 58.6 Å². The Bertz CT molecular complexity index is 891. The fraction of sp³-hybridized carbons (Fsp3) is 0.333. The lowest BCUT2D eigenvalue weighted by molar-refractivity contribution is -0.147. The molecule has 0 aromatic heterocycles. The van der Waals surface area contributed by atoms with E-state index in [0.717, 1.165) is 0 Å². The Balaban J connectivity index is 2.27. The molecule has 2 aromatic carbocycles. The molecule has 0 radical (unpaired) electrons. The highest BCUT2D eigenvalue weighted by Crippen LogP contribution is 2.30. The first-order valence-corrected chi connectivity index (χ1v) is 9.46. The topological polar surface area (TPSA) is 73.9 Å². The molecule has 162 valence electrons. The maximum absolute atomic E-state index is 12.8. The minimum atomic E-state index is -3.03. The third-order valence-electron chi connectivity index (χ3n) is 3.97. The van der Waals surface area contributed by atoms with Crippen LogP contribution in [0.25, 0.3) is 0 Å². The van der Waals surface area contributed by atoms with Crippen molar-refractivity contribution in [3.63, 3.8) is 0 Å². The number of hydrogen-bond donors (Lipinski definition) is 1. The molecule has 0 aliphatic rings. The normalized spacial score (nSPS) is 11.9. The number of halogens is 3. The molecule has 1 amide bonds. The zero-order chi connectivity index (χ0) is 22.3. The van der Waals surface area contributed by atoms with E-state index < -0.39 is 24.5 Å². The molecule has 2 aromatic rings. The van der Waals surface area contributed by atoms with Gasteiger partial charge in [-0.05, 0) is 43.7 Å². The molecule has 6 nitrogen and oxygen atoms in total. The number of methoxy groups -OCH3 is 1. The van der Waals surface area contributed by atoms with Gasteiger partial charge < -0.3 is 19.5 Å². The number of nitrogens with one attached hydrogen (secondary N) is 1. The SMILES string of the molecule is COc1cc(C(=O)NC(CC(=O)OC(C)C)c2ccccc2Cl)ccc1OC(F)F. The van der Waals surface area contributed by atoms with E-state index in [-0.39, 0.29) is 29.6 Å². The van der Waals surface area contributed by atoms with E-state index in [9.17, 15) is 18.4 Å². The fourth-order valence-electron chi connectivity index (χ4n) is 2.72. The Hall–Kier alpha value is -2.87. The van der Waals surface area contributed by atoms with Crippen LogP contribution in [0.2, 0.25) is 5.02 Å². The third-order valence-corrected chi connectivity index (χ3v) is 4.31. The molecule has 9 heteroatoms. The Morgan fingerprint density at radius 3 is 2.40 bits per heavy atom. The first kappa shape index (κ1) is 23.4. The summed E-state index contributed by atoms with van der Waals surface area (Å²) in [6.45, 7) is 0.405. The van der Waals surface area contributed by atoms with Gasteiger partial charge in [-0.25, -0.2) is 0 Å². The minimum absolute atomic E-state index is 0.0311. The second-order valence-corrected chi connectivity index (χ2v) is 6.94. The Morgan fingerprint density at radius 1 is 1.10 bits per heavy atom. The summed E-state index contributed by atoms with van der Waals surface area (Å²) >= 11 is 6.24. The summed E-state index contributed by atoms with van der Waals surface area (Å²) in [6.07, 6.45) is -0.455. The summed E-state index contributed by atoms with van der Waals surface area (Å²) in [5.41, 5.74) is 0.667. The predicted octanol–water partition coefficient (Wildman–Crippen LogP) is 4.76. The van der Waals surface area contributed by atoms with Gasteiger partial charge in [0.25, 0.3) is 5.91 Å². The summed E-state index contributed by atoms with van der Waals surface area (Å²) in [5, 5.41) is 3.11. The van der Waals surface area contributed by atoms with Crippen LogP contribution >= 0.6 is 11.6 Å². The van der Waals surface area contributed by atoms with Crippen molar-refractivity contribution in [3.8, 4) is 11.5 Å². The van der Waals surface area contributed by atoms with E-state index >= 15 is 0 Å². The molecule has 0 bridgehead atoms. The van der Waals surface area contributed by atoms with Crippen LogP contribution < -0.4 is 14.8 Å². The van der Waals surface area contributed by atoms with E-state index in [1.807, 2.05) is 0 Å². The fourth-order valence-corrected chi connectivity index (χ4v) is 2.99. The molecule has 0 aliphatic carbocycles. The predicted molar refractivity (Wildman–Crippen MR) is 107 cm³/mol. The van der Waals surface area contributed by atoms with Crippen LogP contribution in [0.5, 0.6) is 11.5 Å². The number of esters is 1. The lowest BCUT2D eigenvalue weighted by Gasteiger charge is -2.21. The molecule has 0 fully saturated rings. The van der Waals surface area contributed by atoms with Gasteiger partial charge in [-0.3, -0.25) is 9.59 Å². The maximum Gasteiger partial charge on any atom is 0.387 e. The Labute approximate surface area is 178 Å². The van der Waals surface area contributed by atoms with Crippen molar-refractivity contribution in [2.24, 2.45) is 0 Å². The summed E-state index contributed by atoms with van der Waals surface area (Å²) in [5.74, 6) is -1.30. The van der Waals surface area contributed by atoms with Crippen LogP contribution in [0, 0.1) is 0 Å². The summed E-state index contributed by atoms with van der Waals surface area (Å²) in [7, 11) is 1.27. The highest BCUT2D eigenvalue weighted by Gasteiger charge is 2.23. The largest absolute Gasteiger partial charge is 0.493 e.